The lowest BCUT2D eigenvalue weighted by Crippen LogP contribution is -2.16. The molecule has 0 saturated carbocycles. The van der Waals surface area contributed by atoms with E-state index in [2.05, 4.69) is 33.7 Å². The molecule has 0 N–H and O–H groups in total. The molecule has 0 aliphatic heterocycles. The van der Waals surface area contributed by atoms with Gasteiger partial charge in [0.1, 0.15) is 0 Å². The summed E-state index contributed by atoms with van der Waals surface area (Å²) in [5.74, 6) is 0. The molecule has 10 heteroatoms. The van der Waals surface area contributed by atoms with Gasteiger partial charge in [-0.25, -0.2) is 9.34 Å². The van der Waals surface area contributed by atoms with Gasteiger partial charge in [0, 0.05) is 0 Å². The van der Waals surface area contributed by atoms with Crippen molar-refractivity contribution < 1.29 is 9.13 Å². The molecule has 0 unspecified atom stereocenters. The third kappa shape index (κ3) is 11.6. The van der Waals surface area contributed by atoms with E-state index in [4.69, 9.17) is 11.2 Å². The van der Waals surface area contributed by atoms with Crippen LogP contribution in [-0.4, -0.2) is 37.5 Å². The molecule has 0 atom stereocenters. The number of rotatable bonds is 2. The van der Waals surface area contributed by atoms with Crippen molar-refractivity contribution in [1.29, 1.82) is 0 Å². The highest BCUT2D eigenvalue weighted by molar-refractivity contribution is 8.24. The number of hydrogen-bond donors (Lipinski definition) is 0. The summed E-state index contributed by atoms with van der Waals surface area (Å²) in [4.78, 5) is 0. The smallest absolute Gasteiger partial charge is 0.271 e. The Balaban J connectivity index is 0. The molecule has 0 amide bonds. The zero-order valence-electron chi connectivity index (χ0n) is 8.12. The predicted molar refractivity (Wildman–Crippen MR) is 66.0 cm³/mol. The molecular weight excluding hydrogens is 312 g/mol. The van der Waals surface area contributed by atoms with Crippen LogP contribution in [0.25, 0.3) is 0 Å². The van der Waals surface area contributed by atoms with Crippen molar-refractivity contribution in [3.05, 3.63) is 0 Å². The fraction of sp³-hybridized carbons (Fsp3) is 1.00. The van der Waals surface area contributed by atoms with E-state index >= 15 is 0 Å². The highest BCUT2D eigenvalue weighted by atomic mass is 36.0. The SMILES string of the molecule is CN(C)P(=O)(Cl)N(C)C.O=P(Cl)(Cl)Cl. The molecule has 0 saturated heterocycles. The molecule has 0 fully saturated rings. The standard InChI is InChI=1S/C4H12ClN2OP.Cl3OP/c1-6(2)9(5,8)7(3)4;1-5(2,3)4/h1-4H3;. The van der Waals surface area contributed by atoms with E-state index in [1.54, 1.807) is 28.2 Å². The molecule has 0 rings (SSSR count). The Morgan fingerprint density at radius 1 is 0.786 bits per heavy atom. The zero-order chi connectivity index (χ0) is 12.2. The molecule has 0 aliphatic carbocycles. The first kappa shape index (κ1) is 17.9. The van der Waals surface area contributed by atoms with Gasteiger partial charge in [-0.3, -0.25) is 9.13 Å². The first-order valence-corrected chi connectivity index (χ1v) is 10.2. The van der Waals surface area contributed by atoms with Crippen molar-refractivity contribution in [2.45, 2.75) is 0 Å². The van der Waals surface area contributed by atoms with E-state index in [-0.39, 0.29) is 0 Å². The predicted octanol–water partition coefficient (Wildman–Crippen LogP) is 4.27. The van der Waals surface area contributed by atoms with Crippen LogP contribution in [-0.2, 0) is 9.13 Å². The molecule has 0 aliphatic rings. The van der Waals surface area contributed by atoms with Crippen molar-refractivity contribution in [3.63, 3.8) is 0 Å². The summed E-state index contributed by atoms with van der Waals surface area (Å²) in [7, 11) is 6.75. The fourth-order valence-corrected chi connectivity index (χ4v) is 1.07. The Kier molecular flexibility index (Phi) is 8.94. The number of halogens is 4. The molecule has 0 aromatic heterocycles. The minimum absolute atomic E-state index is 1.51. The topological polar surface area (TPSA) is 40.6 Å². The van der Waals surface area contributed by atoms with Crippen LogP contribution in [0.4, 0.5) is 0 Å². The fourth-order valence-electron chi connectivity index (χ4n) is 0.358. The lowest BCUT2D eigenvalue weighted by Gasteiger charge is -2.23. The third-order valence-corrected chi connectivity index (χ3v) is 4.77. The molecule has 88 valence electrons. The van der Waals surface area contributed by atoms with Crippen LogP contribution in [0.3, 0.4) is 0 Å². The molecule has 0 radical (unpaired) electrons. The quantitative estimate of drug-likeness (QED) is 0.712. The summed E-state index contributed by atoms with van der Waals surface area (Å²) in [6, 6.07) is 0. The number of hydrogen-bond acceptors (Lipinski definition) is 2. The van der Waals surface area contributed by atoms with Crippen molar-refractivity contribution in [2.75, 3.05) is 28.2 Å². The Morgan fingerprint density at radius 2 is 0.929 bits per heavy atom. The molecule has 0 aromatic rings. The van der Waals surface area contributed by atoms with Crippen LogP contribution >= 0.6 is 57.0 Å². The van der Waals surface area contributed by atoms with E-state index in [1.807, 2.05) is 0 Å². The van der Waals surface area contributed by atoms with Gasteiger partial charge in [-0.05, 0) is 73.2 Å². The Morgan fingerprint density at radius 3 is 0.929 bits per heavy atom. The Labute approximate surface area is 103 Å². The molecule has 0 bridgehead atoms. The first-order valence-electron chi connectivity index (χ1n) is 3.23. The minimum atomic E-state index is -3.22. The lowest BCUT2D eigenvalue weighted by atomic mass is 11.3. The van der Waals surface area contributed by atoms with E-state index in [0.29, 0.717) is 0 Å². The molecule has 4 nitrogen and oxygen atoms in total. The minimum Gasteiger partial charge on any atom is -0.271 e. The summed E-state index contributed by atoms with van der Waals surface area (Å²) < 4.78 is 23.8. The van der Waals surface area contributed by atoms with Gasteiger partial charge in [0.05, 0.1) is 0 Å². The average Bonchev–Trinajstić information content (AvgIpc) is 1.82. The van der Waals surface area contributed by atoms with Gasteiger partial charge in [0.2, 0.25) is 0 Å². The lowest BCUT2D eigenvalue weighted by molar-refractivity contribution is 0.466. The van der Waals surface area contributed by atoms with Gasteiger partial charge in [-0.15, -0.1) is 0 Å². The van der Waals surface area contributed by atoms with Crippen LogP contribution < -0.4 is 0 Å². The summed E-state index contributed by atoms with van der Waals surface area (Å²) in [6.45, 7) is -2.70. The van der Waals surface area contributed by atoms with Gasteiger partial charge >= 0.3 is 12.0 Å². The first-order chi connectivity index (χ1) is 5.89. The van der Waals surface area contributed by atoms with Crippen LogP contribution in [0.5, 0.6) is 0 Å². The van der Waals surface area contributed by atoms with Gasteiger partial charge in [-0.1, -0.05) is 0 Å². The summed E-state index contributed by atoms with van der Waals surface area (Å²) in [5, 5.41) is -3.22. The Hall–Kier alpha value is 1.54. The molecular formula is C4H12Cl4N2O2P2. The Bertz CT molecular complexity index is 233. The second-order valence-electron chi connectivity index (χ2n) is 2.57. The van der Waals surface area contributed by atoms with Gasteiger partial charge in [0.15, 0.2) is 0 Å². The van der Waals surface area contributed by atoms with Crippen LogP contribution in [0.2, 0.25) is 0 Å². The van der Waals surface area contributed by atoms with E-state index in [9.17, 15) is 9.13 Å². The summed E-state index contributed by atoms with van der Waals surface area (Å²) in [6.07, 6.45) is 0. The van der Waals surface area contributed by atoms with Crippen molar-refractivity contribution in [1.82, 2.24) is 9.34 Å². The van der Waals surface area contributed by atoms with Crippen LogP contribution in [0.15, 0.2) is 0 Å². The van der Waals surface area contributed by atoms with E-state index in [1.165, 1.54) is 9.34 Å². The summed E-state index contributed by atoms with van der Waals surface area (Å²) >= 11 is 19.5. The van der Waals surface area contributed by atoms with Crippen molar-refractivity contribution in [2.24, 2.45) is 0 Å². The van der Waals surface area contributed by atoms with Gasteiger partial charge in [-0.2, -0.15) is 0 Å². The van der Waals surface area contributed by atoms with Crippen LogP contribution in [0.1, 0.15) is 0 Å². The maximum absolute atomic E-state index is 11.2. The highest BCUT2D eigenvalue weighted by Gasteiger charge is 2.23. The average molecular weight is 324 g/mol. The van der Waals surface area contributed by atoms with Crippen molar-refractivity contribution in [3.8, 4) is 0 Å². The largest absolute Gasteiger partial charge is 0.339 e. The number of nitrogens with zero attached hydrogens (tertiary/aromatic N) is 2. The van der Waals surface area contributed by atoms with Gasteiger partial charge < -0.3 is 0 Å². The highest BCUT2D eigenvalue weighted by Crippen LogP contribution is 2.61. The van der Waals surface area contributed by atoms with Gasteiger partial charge in [0.25, 0.3) is 0 Å². The van der Waals surface area contributed by atoms with Crippen molar-refractivity contribution >= 4 is 57.0 Å². The second-order valence-corrected chi connectivity index (χ2v) is 13.1. The molecule has 0 heterocycles. The van der Waals surface area contributed by atoms with E-state index in [0.717, 1.165) is 0 Å². The molecule has 14 heavy (non-hydrogen) atoms. The normalized spacial score (nSPS) is 12.7. The van der Waals surface area contributed by atoms with Crippen LogP contribution in [0, 0.1) is 0 Å². The molecule has 0 spiro atoms. The molecule has 0 aromatic carbocycles. The third-order valence-electron chi connectivity index (χ3n) is 0.987. The monoisotopic (exact) mass is 322 g/mol. The summed E-state index contributed by atoms with van der Waals surface area (Å²) in [5.41, 5.74) is 0. The maximum Gasteiger partial charge on any atom is 0.339 e. The second kappa shape index (κ2) is 6.98. The maximum atomic E-state index is 11.2. The van der Waals surface area contributed by atoms with E-state index < -0.39 is 12.0 Å². The zero-order valence-corrected chi connectivity index (χ0v) is 12.9.